The highest BCUT2D eigenvalue weighted by molar-refractivity contribution is 6.30. The lowest BCUT2D eigenvalue weighted by Gasteiger charge is -2.36. The van der Waals surface area contributed by atoms with E-state index in [0.29, 0.717) is 26.2 Å². The first kappa shape index (κ1) is 18.3. The van der Waals surface area contributed by atoms with Crippen molar-refractivity contribution in [1.29, 1.82) is 0 Å². The first-order valence-corrected chi connectivity index (χ1v) is 9.20. The molecule has 138 valence electrons. The van der Waals surface area contributed by atoms with Crippen LogP contribution in [-0.2, 0) is 6.54 Å². The largest absolute Gasteiger partial charge is 0.368 e. The molecule has 2 amide bonds. The highest BCUT2D eigenvalue weighted by Crippen LogP contribution is 2.19. The van der Waals surface area contributed by atoms with Crippen LogP contribution in [0.25, 0.3) is 0 Å². The number of halogens is 1. The second kappa shape index (κ2) is 8.76. The summed E-state index contributed by atoms with van der Waals surface area (Å²) in [6.07, 6.45) is 2.49. The standard InChI is InChI=1S/C19H23ClN4O2/c20-16-5-7-17(8-6-16)22-12-14-24(15-13-22)19(26)21-9-3-11-23-10-2-1-4-18(23)25/h1-2,4-8,10H,3,9,11-15H2,(H,21,26). The van der Waals surface area contributed by atoms with E-state index in [9.17, 15) is 9.59 Å². The van der Waals surface area contributed by atoms with Crippen LogP contribution in [0.4, 0.5) is 10.5 Å². The number of pyridine rings is 1. The molecular weight excluding hydrogens is 352 g/mol. The van der Waals surface area contributed by atoms with E-state index in [-0.39, 0.29) is 11.6 Å². The number of nitrogens with zero attached hydrogens (tertiary/aromatic N) is 3. The summed E-state index contributed by atoms with van der Waals surface area (Å²) in [6.45, 7) is 4.13. The summed E-state index contributed by atoms with van der Waals surface area (Å²) >= 11 is 5.92. The molecule has 0 aliphatic carbocycles. The highest BCUT2D eigenvalue weighted by Gasteiger charge is 2.20. The Hall–Kier alpha value is -2.47. The summed E-state index contributed by atoms with van der Waals surface area (Å²) in [4.78, 5) is 28.0. The van der Waals surface area contributed by atoms with Crippen LogP contribution in [0, 0.1) is 0 Å². The maximum atomic E-state index is 12.3. The number of amides is 2. The minimum atomic E-state index is -0.0406. The van der Waals surface area contributed by atoms with E-state index >= 15 is 0 Å². The molecule has 1 N–H and O–H groups in total. The van der Waals surface area contributed by atoms with Crippen molar-refractivity contribution in [3.8, 4) is 0 Å². The number of aromatic nitrogens is 1. The van der Waals surface area contributed by atoms with Gasteiger partial charge in [-0.25, -0.2) is 4.79 Å². The summed E-state index contributed by atoms with van der Waals surface area (Å²) < 4.78 is 1.65. The molecule has 0 saturated carbocycles. The summed E-state index contributed by atoms with van der Waals surface area (Å²) in [5.74, 6) is 0. The number of benzene rings is 1. The lowest BCUT2D eigenvalue weighted by Crippen LogP contribution is -2.52. The molecule has 0 radical (unpaired) electrons. The van der Waals surface area contributed by atoms with Crippen LogP contribution in [0.15, 0.2) is 53.5 Å². The van der Waals surface area contributed by atoms with Gasteiger partial charge >= 0.3 is 6.03 Å². The van der Waals surface area contributed by atoms with Gasteiger partial charge in [0.25, 0.3) is 0 Å². The molecule has 1 aromatic carbocycles. The molecule has 1 saturated heterocycles. The quantitative estimate of drug-likeness (QED) is 0.818. The third-order valence-corrected chi connectivity index (χ3v) is 4.76. The minimum Gasteiger partial charge on any atom is -0.368 e. The van der Waals surface area contributed by atoms with E-state index < -0.39 is 0 Å². The zero-order valence-electron chi connectivity index (χ0n) is 14.6. The number of urea groups is 1. The molecule has 1 fully saturated rings. The number of nitrogens with one attached hydrogen (secondary N) is 1. The van der Waals surface area contributed by atoms with Crippen molar-refractivity contribution in [3.63, 3.8) is 0 Å². The van der Waals surface area contributed by atoms with Gasteiger partial charge in [-0.15, -0.1) is 0 Å². The summed E-state index contributed by atoms with van der Waals surface area (Å²) in [7, 11) is 0. The number of aryl methyl sites for hydroxylation is 1. The molecule has 0 bridgehead atoms. The number of anilines is 1. The van der Waals surface area contributed by atoms with Gasteiger partial charge in [-0.05, 0) is 36.8 Å². The van der Waals surface area contributed by atoms with Crippen molar-refractivity contribution in [2.24, 2.45) is 0 Å². The Morgan fingerprint density at radius 3 is 2.46 bits per heavy atom. The minimum absolute atomic E-state index is 0.0165. The first-order valence-electron chi connectivity index (χ1n) is 8.82. The van der Waals surface area contributed by atoms with Crippen molar-refractivity contribution in [2.45, 2.75) is 13.0 Å². The van der Waals surface area contributed by atoms with Crippen molar-refractivity contribution in [3.05, 3.63) is 64.0 Å². The van der Waals surface area contributed by atoms with Gasteiger partial charge in [0.1, 0.15) is 0 Å². The maximum absolute atomic E-state index is 12.3. The van der Waals surface area contributed by atoms with E-state index in [4.69, 9.17) is 11.6 Å². The lowest BCUT2D eigenvalue weighted by atomic mass is 10.2. The Morgan fingerprint density at radius 2 is 1.77 bits per heavy atom. The fraction of sp³-hybridized carbons (Fsp3) is 0.368. The van der Waals surface area contributed by atoms with Crippen LogP contribution in [-0.4, -0.2) is 48.2 Å². The molecule has 6 nitrogen and oxygen atoms in total. The van der Waals surface area contributed by atoms with Crippen molar-refractivity contribution >= 4 is 23.3 Å². The lowest BCUT2D eigenvalue weighted by molar-refractivity contribution is 0.194. The zero-order chi connectivity index (χ0) is 18.4. The van der Waals surface area contributed by atoms with E-state index in [0.717, 1.165) is 30.2 Å². The van der Waals surface area contributed by atoms with Crippen LogP contribution in [0.5, 0.6) is 0 Å². The Bertz CT molecular complexity index is 783. The summed E-state index contributed by atoms with van der Waals surface area (Å²) in [5.41, 5.74) is 1.11. The number of carbonyl (C=O) groups is 1. The molecule has 26 heavy (non-hydrogen) atoms. The van der Waals surface area contributed by atoms with Gasteiger partial charge in [-0.1, -0.05) is 17.7 Å². The van der Waals surface area contributed by atoms with Gasteiger partial charge in [-0.3, -0.25) is 4.79 Å². The molecule has 1 aliphatic heterocycles. The van der Waals surface area contributed by atoms with Crippen LogP contribution >= 0.6 is 11.6 Å². The van der Waals surface area contributed by atoms with Crippen LogP contribution in [0.1, 0.15) is 6.42 Å². The summed E-state index contributed by atoms with van der Waals surface area (Å²) in [5, 5.41) is 3.67. The van der Waals surface area contributed by atoms with E-state index in [1.165, 1.54) is 0 Å². The molecule has 7 heteroatoms. The molecule has 0 atom stereocenters. The summed E-state index contributed by atoms with van der Waals surface area (Å²) in [6, 6.07) is 12.8. The van der Waals surface area contributed by atoms with Gasteiger partial charge in [0.05, 0.1) is 0 Å². The van der Waals surface area contributed by atoms with Crippen LogP contribution < -0.4 is 15.8 Å². The van der Waals surface area contributed by atoms with Crippen LogP contribution in [0.2, 0.25) is 5.02 Å². The number of hydrogen-bond acceptors (Lipinski definition) is 3. The Balaban J connectivity index is 1.39. The van der Waals surface area contributed by atoms with Gasteiger partial charge < -0.3 is 19.7 Å². The van der Waals surface area contributed by atoms with Crippen LogP contribution in [0.3, 0.4) is 0 Å². The third kappa shape index (κ3) is 4.79. The molecule has 0 unspecified atom stereocenters. The van der Waals surface area contributed by atoms with Crippen molar-refractivity contribution < 1.29 is 4.79 Å². The highest BCUT2D eigenvalue weighted by atomic mass is 35.5. The number of hydrogen-bond donors (Lipinski definition) is 1. The van der Waals surface area contributed by atoms with Gasteiger partial charge in [0, 0.05) is 62.2 Å². The predicted octanol–water partition coefficient (Wildman–Crippen LogP) is 2.42. The van der Waals surface area contributed by atoms with Crippen molar-refractivity contribution in [2.75, 3.05) is 37.6 Å². The maximum Gasteiger partial charge on any atom is 0.317 e. The van der Waals surface area contributed by atoms with E-state index in [1.807, 2.05) is 35.2 Å². The number of rotatable bonds is 5. The number of piperazine rings is 1. The predicted molar refractivity (Wildman–Crippen MR) is 104 cm³/mol. The fourth-order valence-corrected chi connectivity index (χ4v) is 3.15. The first-order chi connectivity index (χ1) is 12.6. The monoisotopic (exact) mass is 374 g/mol. The molecule has 2 aromatic rings. The normalized spacial score (nSPS) is 14.3. The topological polar surface area (TPSA) is 57.6 Å². The smallest absolute Gasteiger partial charge is 0.317 e. The molecule has 2 heterocycles. The molecular formula is C19H23ClN4O2. The molecule has 1 aromatic heterocycles. The Labute approximate surface area is 158 Å². The average molecular weight is 375 g/mol. The Kier molecular flexibility index (Phi) is 6.17. The SMILES string of the molecule is O=C(NCCCn1ccccc1=O)N1CCN(c2ccc(Cl)cc2)CC1. The molecule has 1 aliphatic rings. The second-order valence-corrected chi connectivity index (χ2v) is 6.70. The average Bonchev–Trinajstić information content (AvgIpc) is 2.67. The van der Waals surface area contributed by atoms with Gasteiger partial charge in [0.15, 0.2) is 0 Å². The van der Waals surface area contributed by atoms with Crippen molar-refractivity contribution in [1.82, 2.24) is 14.8 Å². The van der Waals surface area contributed by atoms with E-state index in [2.05, 4.69) is 10.2 Å². The van der Waals surface area contributed by atoms with Gasteiger partial charge in [0.2, 0.25) is 5.56 Å². The molecule has 0 spiro atoms. The van der Waals surface area contributed by atoms with E-state index in [1.54, 1.807) is 22.9 Å². The molecule has 3 rings (SSSR count). The zero-order valence-corrected chi connectivity index (χ0v) is 15.4. The Morgan fingerprint density at radius 1 is 1.04 bits per heavy atom. The fourth-order valence-electron chi connectivity index (χ4n) is 3.02. The second-order valence-electron chi connectivity index (χ2n) is 6.27. The third-order valence-electron chi connectivity index (χ3n) is 4.51. The van der Waals surface area contributed by atoms with Gasteiger partial charge in [-0.2, -0.15) is 0 Å². The number of carbonyl (C=O) groups excluding carboxylic acids is 1.